The molecule has 4 nitrogen and oxygen atoms in total. The quantitative estimate of drug-likeness (QED) is 0.428. The minimum atomic E-state index is -0.525. The molecule has 1 amide bonds. The highest BCUT2D eigenvalue weighted by molar-refractivity contribution is 9.10. The SMILES string of the molecule is CN(C(=O)c1oc(=O)c2ccccc2c1-c1ccccc1)c1ccc(Br)cc1. The number of hydrogen-bond donors (Lipinski definition) is 0. The fourth-order valence-electron chi connectivity index (χ4n) is 3.18. The van der Waals surface area contributed by atoms with Crippen molar-refractivity contribution in [1.82, 2.24) is 0 Å². The lowest BCUT2D eigenvalue weighted by molar-refractivity contribution is 0.0964. The number of rotatable bonds is 3. The van der Waals surface area contributed by atoms with E-state index in [1.54, 1.807) is 19.2 Å². The normalized spacial score (nSPS) is 10.8. The van der Waals surface area contributed by atoms with Crippen molar-refractivity contribution in [2.45, 2.75) is 0 Å². The second-order valence-electron chi connectivity index (χ2n) is 6.35. The van der Waals surface area contributed by atoms with Gasteiger partial charge < -0.3 is 9.32 Å². The second kappa shape index (κ2) is 7.44. The lowest BCUT2D eigenvalue weighted by Gasteiger charge is -2.19. The number of anilines is 1. The van der Waals surface area contributed by atoms with Gasteiger partial charge in [-0.2, -0.15) is 0 Å². The Hall–Kier alpha value is -3.18. The molecule has 0 bridgehead atoms. The lowest BCUT2D eigenvalue weighted by Crippen LogP contribution is -2.28. The summed E-state index contributed by atoms with van der Waals surface area (Å²) in [5.41, 5.74) is 1.60. The molecule has 1 aromatic heterocycles. The highest BCUT2D eigenvalue weighted by atomic mass is 79.9. The molecule has 0 fully saturated rings. The highest BCUT2D eigenvalue weighted by Crippen LogP contribution is 2.32. The van der Waals surface area contributed by atoms with Gasteiger partial charge >= 0.3 is 5.63 Å². The number of carbonyl (C=O) groups is 1. The molecule has 0 aliphatic carbocycles. The Kier molecular flexibility index (Phi) is 4.84. The number of nitrogens with zero attached hydrogens (tertiary/aromatic N) is 1. The summed E-state index contributed by atoms with van der Waals surface area (Å²) in [6, 6.07) is 24.0. The molecule has 0 atom stereocenters. The fraction of sp³-hybridized carbons (Fsp3) is 0.0435. The number of amides is 1. The minimum Gasteiger partial charge on any atom is -0.416 e. The Balaban J connectivity index is 1.94. The van der Waals surface area contributed by atoms with Crippen LogP contribution in [0.3, 0.4) is 0 Å². The van der Waals surface area contributed by atoms with Gasteiger partial charge in [0, 0.05) is 28.2 Å². The van der Waals surface area contributed by atoms with Crippen LogP contribution in [0, 0.1) is 0 Å². The molecule has 3 aromatic carbocycles. The molecular weight excluding hydrogens is 418 g/mol. The summed E-state index contributed by atoms with van der Waals surface area (Å²) in [7, 11) is 1.66. The first-order chi connectivity index (χ1) is 13.6. The molecule has 0 aliphatic heterocycles. The van der Waals surface area contributed by atoms with Crippen molar-refractivity contribution in [2.75, 3.05) is 11.9 Å². The van der Waals surface area contributed by atoms with Crippen LogP contribution in [0.15, 0.2) is 92.5 Å². The van der Waals surface area contributed by atoms with Gasteiger partial charge in [-0.1, -0.05) is 64.5 Å². The Bertz CT molecular complexity index is 1210. The summed E-state index contributed by atoms with van der Waals surface area (Å²) in [4.78, 5) is 27.3. The second-order valence-corrected chi connectivity index (χ2v) is 7.26. The average Bonchev–Trinajstić information content (AvgIpc) is 2.74. The van der Waals surface area contributed by atoms with Crippen LogP contribution in [0.1, 0.15) is 10.6 Å². The van der Waals surface area contributed by atoms with Gasteiger partial charge in [0.15, 0.2) is 0 Å². The molecule has 0 N–H and O–H groups in total. The first kappa shape index (κ1) is 18.2. The van der Waals surface area contributed by atoms with Crippen LogP contribution in [0.25, 0.3) is 21.9 Å². The summed E-state index contributed by atoms with van der Waals surface area (Å²) in [5.74, 6) is -0.357. The van der Waals surface area contributed by atoms with E-state index in [4.69, 9.17) is 4.42 Å². The lowest BCUT2D eigenvalue weighted by atomic mass is 9.98. The Morgan fingerprint density at radius 3 is 2.14 bits per heavy atom. The van der Waals surface area contributed by atoms with Gasteiger partial charge in [0.25, 0.3) is 5.91 Å². The zero-order chi connectivity index (χ0) is 19.7. The predicted molar refractivity (Wildman–Crippen MR) is 115 cm³/mol. The third-order valence-corrected chi connectivity index (χ3v) is 5.14. The molecular formula is C23H16BrNO3. The fourth-order valence-corrected chi connectivity index (χ4v) is 3.44. The van der Waals surface area contributed by atoms with Crippen LogP contribution in [-0.2, 0) is 0 Å². The molecule has 4 rings (SSSR count). The molecule has 28 heavy (non-hydrogen) atoms. The van der Waals surface area contributed by atoms with E-state index in [9.17, 15) is 9.59 Å². The number of halogens is 1. The maximum absolute atomic E-state index is 13.3. The van der Waals surface area contributed by atoms with Gasteiger partial charge in [0.05, 0.1) is 5.39 Å². The molecule has 5 heteroatoms. The summed E-state index contributed by atoms with van der Waals surface area (Å²) >= 11 is 3.39. The van der Waals surface area contributed by atoms with E-state index in [1.165, 1.54) is 4.90 Å². The van der Waals surface area contributed by atoms with Crippen LogP contribution in [-0.4, -0.2) is 13.0 Å². The molecule has 0 unspecified atom stereocenters. The Morgan fingerprint density at radius 2 is 1.46 bits per heavy atom. The third-order valence-electron chi connectivity index (χ3n) is 4.61. The first-order valence-electron chi connectivity index (χ1n) is 8.71. The van der Waals surface area contributed by atoms with Gasteiger partial charge in [-0.3, -0.25) is 4.79 Å². The third kappa shape index (κ3) is 3.25. The molecule has 4 aromatic rings. The van der Waals surface area contributed by atoms with E-state index in [0.29, 0.717) is 22.0 Å². The van der Waals surface area contributed by atoms with E-state index < -0.39 is 5.63 Å². The molecule has 138 valence electrons. The van der Waals surface area contributed by atoms with E-state index in [2.05, 4.69) is 15.9 Å². The molecule has 0 aliphatic rings. The van der Waals surface area contributed by atoms with Crippen molar-refractivity contribution >= 4 is 38.3 Å². The molecule has 1 heterocycles. The van der Waals surface area contributed by atoms with Crippen LogP contribution in [0.2, 0.25) is 0 Å². The molecule has 0 saturated carbocycles. The van der Waals surface area contributed by atoms with Gasteiger partial charge in [-0.15, -0.1) is 0 Å². The molecule has 0 spiro atoms. The number of hydrogen-bond acceptors (Lipinski definition) is 3. The van der Waals surface area contributed by atoms with Crippen molar-refractivity contribution in [3.8, 4) is 11.1 Å². The van der Waals surface area contributed by atoms with Gasteiger partial charge in [0.1, 0.15) is 0 Å². The van der Waals surface area contributed by atoms with Crippen molar-refractivity contribution in [2.24, 2.45) is 0 Å². The smallest absolute Gasteiger partial charge is 0.344 e. The Labute approximate surface area is 170 Å². The summed E-state index contributed by atoms with van der Waals surface area (Å²) < 4.78 is 6.46. The standard InChI is InChI=1S/C23H16BrNO3/c1-25(17-13-11-16(24)12-14-17)22(26)21-20(15-7-3-2-4-8-15)18-9-5-6-10-19(18)23(27)28-21/h2-14H,1H3. The van der Waals surface area contributed by atoms with Crippen LogP contribution in [0.5, 0.6) is 0 Å². The predicted octanol–water partition coefficient (Wildman–Crippen LogP) is 5.50. The van der Waals surface area contributed by atoms with E-state index in [-0.39, 0.29) is 11.7 Å². The topological polar surface area (TPSA) is 50.5 Å². The van der Waals surface area contributed by atoms with Gasteiger partial charge in [-0.25, -0.2) is 4.79 Å². The van der Waals surface area contributed by atoms with Crippen molar-refractivity contribution in [3.05, 3.63) is 99.5 Å². The van der Waals surface area contributed by atoms with Gasteiger partial charge in [0.2, 0.25) is 5.76 Å². The molecule has 0 saturated heterocycles. The van der Waals surface area contributed by atoms with Gasteiger partial charge in [-0.05, 0) is 35.9 Å². The monoisotopic (exact) mass is 433 g/mol. The summed E-state index contributed by atoms with van der Waals surface area (Å²) in [6.07, 6.45) is 0. The largest absolute Gasteiger partial charge is 0.416 e. The number of benzene rings is 3. The summed E-state index contributed by atoms with van der Waals surface area (Å²) in [5, 5.41) is 1.14. The highest BCUT2D eigenvalue weighted by Gasteiger charge is 2.24. The zero-order valence-electron chi connectivity index (χ0n) is 15.1. The van der Waals surface area contributed by atoms with Crippen LogP contribution in [0.4, 0.5) is 5.69 Å². The van der Waals surface area contributed by atoms with E-state index >= 15 is 0 Å². The van der Waals surface area contributed by atoms with Crippen molar-refractivity contribution < 1.29 is 9.21 Å². The van der Waals surface area contributed by atoms with E-state index in [0.717, 1.165) is 10.0 Å². The maximum atomic E-state index is 13.3. The van der Waals surface area contributed by atoms with E-state index in [1.807, 2.05) is 66.7 Å². The number of fused-ring (bicyclic) bond motifs is 1. The van der Waals surface area contributed by atoms with Crippen molar-refractivity contribution in [3.63, 3.8) is 0 Å². The average molecular weight is 434 g/mol. The van der Waals surface area contributed by atoms with Crippen molar-refractivity contribution in [1.29, 1.82) is 0 Å². The minimum absolute atomic E-state index is 0.0281. The summed E-state index contributed by atoms with van der Waals surface area (Å²) in [6.45, 7) is 0. The maximum Gasteiger partial charge on any atom is 0.344 e. The zero-order valence-corrected chi connectivity index (χ0v) is 16.6. The van der Waals surface area contributed by atoms with Crippen LogP contribution < -0.4 is 10.5 Å². The number of carbonyl (C=O) groups excluding carboxylic acids is 1. The van der Waals surface area contributed by atoms with Crippen LogP contribution >= 0.6 is 15.9 Å². The Morgan fingerprint density at radius 1 is 0.857 bits per heavy atom. The first-order valence-corrected chi connectivity index (χ1v) is 9.50. The molecule has 0 radical (unpaired) electrons.